The molecule has 3 fully saturated rings. The van der Waals surface area contributed by atoms with E-state index in [1.807, 2.05) is 6.07 Å². The van der Waals surface area contributed by atoms with Crippen LogP contribution in [-0.4, -0.2) is 54.2 Å². The van der Waals surface area contributed by atoms with Crippen LogP contribution < -0.4 is 5.32 Å². The fourth-order valence-electron chi connectivity index (χ4n) is 3.62. The van der Waals surface area contributed by atoms with E-state index < -0.39 is 10.0 Å². The molecule has 0 unspecified atom stereocenters. The lowest BCUT2D eigenvalue weighted by molar-refractivity contribution is 0.181. The molecule has 1 aromatic heterocycles. The summed E-state index contributed by atoms with van der Waals surface area (Å²) in [6, 6.07) is 2.00. The molecule has 1 saturated heterocycles. The Morgan fingerprint density at radius 1 is 1.25 bits per heavy atom. The van der Waals surface area contributed by atoms with Crippen molar-refractivity contribution in [2.45, 2.75) is 43.6 Å². The average molecular weight is 352 g/mol. The fourth-order valence-corrected chi connectivity index (χ4v) is 5.53. The summed E-state index contributed by atoms with van der Waals surface area (Å²) in [6.45, 7) is 1.64. The van der Waals surface area contributed by atoms with Crippen LogP contribution in [0.4, 0.5) is 5.82 Å². The van der Waals surface area contributed by atoms with Gasteiger partial charge in [-0.3, -0.25) is 0 Å². The summed E-state index contributed by atoms with van der Waals surface area (Å²) in [5, 5.41) is 3.32. The third-order valence-corrected chi connectivity index (χ3v) is 7.55. The highest BCUT2D eigenvalue weighted by molar-refractivity contribution is 7.90. The molecule has 0 bridgehead atoms. The van der Waals surface area contributed by atoms with Gasteiger partial charge in [0.15, 0.2) is 0 Å². The summed E-state index contributed by atoms with van der Waals surface area (Å²) in [6.07, 6.45) is 5.57. The summed E-state index contributed by atoms with van der Waals surface area (Å²) in [5.74, 6) is 1.76. The molecule has 1 aromatic rings. The van der Waals surface area contributed by atoms with E-state index in [1.165, 1.54) is 19.2 Å². The summed E-state index contributed by atoms with van der Waals surface area (Å²) < 4.78 is 32.0. The van der Waals surface area contributed by atoms with Gasteiger partial charge in [-0.15, -0.1) is 0 Å². The Kier molecular flexibility index (Phi) is 4.22. The maximum absolute atomic E-state index is 12.6. The first kappa shape index (κ1) is 16.2. The Balaban J connectivity index is 1.49. The van der Waals surface area contributed by atoms with Crippen molar-refractivity contribution in [2.24, 2.45) is 11.8 Å². The SMILES string of the molecule is COCc1cc(N[C@@H]2CN(S(=O)(=O)C3CC3)C[C@H]2C2CC2)ncn1. The molecular weight excluding hydrogens is 328 g/mol. The molecule has 132 valence electrons. The zero-order chi connectivity index (χ0) is 16.7. The first-order chi connectivity index (χ1) is 11.6. The van der Waals surface area contributed by atoms with E-state index in [0.717, 1.165) is 24.4 Å². The minimum absolute atomic E-state index is 0.122. The number of anilines is 1. The van der Waals surface area contributed by atoms with E-state index in [0.29, 0.717) is 31.5 Å². The van der Waals surface area contributed by atoms with Crippen LogP contribution in [0.5, 0.6) is 0 Å². The molecule has 2 atom stereocenters. The normalized spacial score (nSPS) is 28.2. The Hall–Kier alpha value is -1.25. The van der Waals surface area contributed by atoms with Crippen molar-refractivity contribution in [3.05, 3.63) is 18.1 Å². The fraction of sp³-hybridized carbons (Fsp3) is 0.750. The Morgan fingerprint density at radius 3 is 2.71 bits per heavy atom. The van der Waals surface area contributed by atoms with Crippen molar-refractivity contribution in [3.63, 3.8) is 0 Å². The highest BCUT2D eigenvalue weighted by Gasteiger charge is 2.49. The number of rotatable bonds is 7. The maximum atomic E-state index is 12.6. The second-order valence-corrected chi connectivity index (χ2v) is 9.35. The van der Waals surface area contributed by atoms with Crippen LogP contribution in [0.2, 0.25) is 0 Å². The van der Waals surface area contributed by atoms with Crippen LogP contribution in [0.15, 0.2) is 12.4 Å². The molecule has 24 heavy (non-hydrogen) atoms. The maximum Gasteiger partial charge on any atom is 0.217 e. The van der Waals surface area contributed by atoms with Gasteiger partial charge in [0.25, 0.3) is 0 Å². The molecule has 2 heterocycles. The van der Waals surface area contributed by atoms with Gasteiger partial charge in [0.1, 0.15) is 12.1 Å². The number of hydrogen-bond acceptors (Lipinski definition) is 6. The third kappa shape index (κ3) is 3.27. The summed E-state index contributed by atoms with van der Waals surface area (Å²) in [7, 11) is -1.47. The van der Waals surface area contributed by atoms with E-state index in [9.17, 15) is 8.42 Å². The lowest BCUT2D eigenvalue weighted by Crippen LogP contribution is -2.34. The van der Waals surface area contributed by atoms with Gasteiger partial charge in [-0.2, -0.15) is 4.31 Å². The molecule has 2 saturated carbocycles. The molecule has 7 nitrogen and oxygen atoms in total. The minimum atomic E-state index is -3.11. The monoisotopic (exact) mass is 352 g/mol. The third-order valence-electron chi connectivity index (χ3n) is 5.21. The Bertz CT molecular complexity index is 703. The molecular formula is C16H24N4O3S. The van der Waals surface area contributed by atoms with Crippen LogP contribution >= 0.6 is 0 Å². The number of sulfonamides is 1. The lowest BCUT2D eigenvalue weighted by Gasteiger charge is -2.20. The Morgan fingerprint density at radius 2 is 2.04 bits per heavy atom. The van der Waals surface area contributed by atoms with Crippen molar-refractivity contribution in [2.75, 3.05) is 25.5 Å². The van der Waals surface area contributed by atoms with E-state index in [2.05, 4.69) is 15.3 Å². The zero-order valence-corrected chi connectivity index (χ0v) is 14.7. The topological polar surface area (TPSA) is 84.4 Å². The van der Waals surface area contributed by atoms with Gasteiger partial charge in [-0.1, -0.05) is 0 Å². The van der Waals surface area contributed by atoms with Gasteiger partial charge in [0, 0.05) is 32.3 Å². The average Bonchev–Trinajstić information content (AvgIpc) is 3.45. The number of aromatic nitrogens is 2. The lowest BCUT2D eigenvalue weighted by atomic mass is 9.98. The number of hydrogen-bond donors (Lipinski definition) is 1. The molecule has 0 amide bonds. The van der Waals surface area contributed by atoms with Gasteiger partial charge >= 0.3 is 0 Å². The van der Waals surface area contributed by atoms with Gasteiger partial charge in [-0.25, -0.2) is 18.4 Å². The van der Waals surface area contributed by atoms with Crippen molar-refractivity contribution in [3.8, 4) is 0 Å². The van der Waals surface area contributed by atoms with E-state index in [1.54, 1.807) is 11.4 Å². The molecule has 1 aliphatic heterocycles. The molecule has 0 spiro atoms. The van der Waals surface area contributed by atoms with Crippen LogP contribution in [0.25, 0.3) is 0 Å². The van der Waals surface area contributed by atoms with Crippen LogP contribution in [-0.2, 0) is 21.4 Å². The van der Waals surface area contributed by atoms with Crippen molar-refractivity contribution in [1.82, 2.24) is 14.3 Å². The number of ether oxygens (including phenoxy) is 1. The van der Waals surface area contributed by atoms with E-state index >= 15 is 0 Å². The first-order valence-corrected chi connectivity index (χ1v) is 10.1. The number of methoxy groups -OCH3 is 1. The van der Waals surface area contributed by atoms with Crippen molar-refractivity contribution >= 4 is 15.8 Å². The number of nitrogens with one attached hydrogen (secondary N) is 1. The van der Waals surface area contributed by atoms with Gasteiger partial charge in [-0.05, 0) is 37.5 Å². The van der Waals surface area contributed by atoms with E-state index in [4.69, 9.17) is 4.74 Å². The quantitative estimate of drug-likeness (QED) is 0.795. The van der Waals surface area contributed by atoms with Gasteiger partial charge in [0.2, 0.25) is 10.0 Å². The molecule has 3 aliphatic rings. The summed E-state index contributed by atoms with van der Waals surface area (Å²) in [5.41, 5.74) is 0.818. The molecule has 1 N–H and O–H groups in total. The Labute approximate surface area is 142 Å². The summed E-state index contributed by atoms with van der Waals surface area (Å²) in [4.78, 5) is 8.46. The molecule has 0 aromatic carbocycles. The summed E-state index contributed by atoms with van der Waals surface area (Å²) >= 11 is 0. The second kappa shape index (κ2) is 6.24. The highest BCUT2D eigenvalue weighted by atomic mass is 32.2. The van der Waals surface area contributed by atoms with Crippen molar-refractivity contribution < 1.29 is 13.2 Å². The predicted molar refractivity (Wildman–Crippen MR) is 89.9 cm³/mol. The molecule has 0 radical (unpaired) electrons. The highest BCUT2D eigenvalue weighted by Crippen LogP contribution is 2.44. The van der Waals surface area contributed by atoms with Gasteiger partial charge < -0.3 is 10.1 Å². The molecule has 8 heteroatoms. The van der Waals surface area contributed by atoms with Crippen molar-refractivity contribution in [1.29, 1.82) is 0 Å². The van der Waals surface area contributed by atoms with Crippen LogP contribution in [0, 0.1) is 11.8 Å². The second-order valence-electron chi connectivity index (χ2n) is 7.14. The van der Waals surface area contributed by atoms with E-state index in [-0.39, 0.29) is 11.3 Å². The van der Waals surface area contributed by atoms with Crippen LogP contribution in [0.1, 0.15) is 31.4 Å². The standard InChI is InChI=1S/C16H24N4O3S/c1-23-9-12-6-16(18-10-17-12)19-15-8-20(7-14(15)11-2-3-11)24(21,22)13-4-5-13/h6,10-11,13-15H,2-5,7-9H2,1H3,(H,17,18,19)/t14-,15+/m0/s1. The first-order valence-electron chi connectivity index (χ1n) is 8.63. The predicted octanol–water partition coefficient (Wildman–Crippen LogP) is 1.24. The van der Waals surface area contributed by atoms with Gasteiger partial charge in [0.05, 0.1) is 17.6 Å². The van der Waals surface area contributed by atoms with Crippen LogP contribution in [0.3, 0.4) is 0 Å². The smallest absolute Gasteiger partial charge is 0.217 e. The zero-order valence-electron chi connectivity index (χ0n) is 13.9. The molecule has 4 rings (SSSR count). The molecule has 2 aliphatic carbocycles. The number of nitrogens with zero attached hydrogens (tertiary/aromatic N) is 3. The minimum Gasteiger partial charge on any atom is -0.378 e. The largest absolute Gasteiger partial charge is 0.378 e.